The number of aliphatic carboxylic acids is 2. The van der Waals surface area contributed by atoms with Crippen molar-refractivity contribution >= 4 is 23.3 Å². The Morgan fingerprint density at radius 3 is 1.94 bits per heavy atom. The second-order valence-corrected chi connectivity index (χ2v) is 7.93. The number of hydrogen-bond acceptors (Lipinski definition) is 5. The van der Waals surface area contributed by atoms with Crippen molar-refractivity contribution in [3.05, 3.63) is 59.2 Å². The average Bonchev–Trinajstić information content (AvgIpc) is 2.79. The zero-order valence-corrected chi connectivity index (χ0v) is 19.5. The van der Waals surface area contributed by atoms with Crippen LogP contribution in [0.2, 0.25) is 0 Å². The smallest absolute Gasteiger partial charge is 0.414 e. The molecule has 1 aliphatic rings. The minimum Gasteiger partial charge on any atom is -0.473 e. The number of rotatable bonds is 6. The molecule has 0 unspecified atom stereocenters. The molecule has 2 aromatic carbocycles. The fourth-order valence-corrected chi connectivity index (χ4v) is 3.88. The van der Waals surface area contributed by atoms with E-state index in [-0.39, 0.29) is 0 Å². The summed E-state index contributed by atoms with van der Waals surface area (Å²) in [6, 6.07) is 15.8. The zero-order valence-electron chi connectivity index (χ0n) is 19.5. The van der Waals surface area contributed by atoms with Gasteiger partial charge in [0.25, 0.3) is 0 Å². The van der Waals surface area contributed by atoms with Crippen LogP contribution in [-0.4, -0.2) is 66.3 Å². The zero-order chi connectivity index (χ0) is 23.7. The average molecular weight is 442 g/mol. The maximum Gasteiger partial charge on any atom is 0.414 e. The van der Waals surface area contributed by atoms with Gasteiger partial charge in [-0.25, -0.2) is 9.59 Å². The maximum atomic E-state index is 9.10. The highest BCUT2D eigenvalue weighted by molar-refractivity contribution is 6.27. The minimum atomic E-state index is -1.82. The number of carboxylic acid groups (broad SMARTS) is 2. The fraction of sp³-hybridized carbons (Fsp3) is 0.440. The molecule has 1 heterocycles. The third kappa shape index (κ3) is 6.99. The molecule has 0 aromatic heterocycles. The van der Waals surface area contributed by atoms with Crippen LogP contribution in [0, 0.1) is 13.8 Å². The summed E-state index contributed by atoms with van der Waals surface area (Å²) in [4.78, 5) is 25.7. The molecule has 0 radical (unpaired) electrons. The number of carboxylic acids is 2. The van der Waals surface area contributed by atoms with Gasteiger partial charge in [0.05, 0.1) is 0 Å². The van der Waals surface area contributed by atoms with E-state index in [0.717, 1.165) is 45.8 Å². The number of anilines is 2. The topological polar surface area (TPSA) is 84.3 Å². The summed E-state index contributed by atoms with van der Waals surface area (Å²) < 4.78 is 0. The minimum absolute atomic E-state index is 1.05. The molecule has 7 heteroatoms. The van der Waals surface area contributed by atoms with Crippen LogP contribution in [0.4, 0.5) is 11.4 Å². The summed E-state index contributed by atoms with van der Waals surface area (Å²) in [6.07, 6.45) is 0. The molecule has 0 aliphatic carbocycles. The lowest BCUT2D eigenvalue weighted by Crippen LogP contribution is -2.46. The first-order valence-electron chi connectivity index (χ1n) is 11.1. The Morgan fingerprint density at radius 2 is 1.44 bits per heavy atom. The quantitative estimate of drug-likeness (QED) is 0.662. The van der Waals surface area contributed by atoms with Gasteiger partial charge in [-0.1, -0.05) is 24.3 Å². The molecule has 1 fully saturated rings. The lowest BCUT2D eigenvalue weighted by molar-refractivity contribution is -0.159. The molecule has 32 heavy (non-hydrogen) atoms. The van der Waals surface area contributed by atoms with Gasteiger partial charge < -0.3 is 20.0 Å². The molecular weight excluding hydrogens is 406 g/mol. The van der Waals surface area contributed by atoms with Crippen LogP contribution in [-0.2, 0) is 16.1 Å². The van der Waals surface area contributed by atoms with E-state index in [1.165, 1.54) is 28.1 Å². The Balaban J connectivity index is 0.000000534. The van der Waals surface area contributed by atoms with Crippen molar-refractivity contribution in [1.29, 1.82) is 0 Å². The first-order valence-corrected chi connectivity index (χ1v) is 11.1. The molecule has 0 bridgehead atoms. The van der Waals surface area contributed by atoms with Crippen LogP contribution >= 0.6 is 0 Å². The van der Waals surface area contributed by atoms with Crippen LogP contribution < -0.4 is 9.80 Å². The molecule has 0 saturated carbocycles. The predicted octanol–water partition coefficient (Wildman–Crippen LogP) is 3.63. The van der Waals surface area contributed by atoms with Crippen molar-refractivity contribution in [2.75, 3.05) is 49.1 Å². The molecule has 2 N–H and O–H groups in total. The first kappa shape index (κ1) is 25.2. The molecular formula is C25H35N3O4. The van der Waals surface area contributed by atoms with Crippen molar-refractivity contribution in [2.45, 2.75) is 34.2 Å². The normalized spacial score (nSPS) is 13.8. The van der Waals surface area contributed by atoms with Gasteiger partial charge in [0.2, 0.25) is 0 Å². The van der Waals surface area contributed by atoms with Gasteiger partial charge in [-0.3, -0.25) is 4.90 Å². The van der Waals surface area contributed by atoms with Gasteiger partial charge in [0.1, 0.15) is 0 Å². The Morgan fingerprint density at radius 1 is 0.875 bits per heavy atom. The van der Waals surface area contributed by atoms with Gasteiger partial charge in [-0.2, -0.15) is 0 Å². The van der Waals surface area contributed by atoms with Gasteiger partial charge in [0.15, 0.2) is 0 Å². The molecule has 174 valence electrons. The number of benzene rings is 2. The predicted molar refractivity (Wildman–Crippen MR) is 129 cm³/mol. The molecule has 2 aromatic rings. The molecule has 3 rings (SSSR count). The Labute approximate surface area is 190 Å². The van der Waals surface area contributed by atoms with Crippen LogP contribution in [0.3, 0.4) is 0 Å². The SMILES string of the molecule is CCN(CC)c1ccc(CN2CCN(c3cccc(C)c3C)CC2)cc1.O=C(O)C(=O)O. The summed E-state index contributed by atoms with van der Waals surface area (Å²) in [5.74, 6) is -3.65. The van der Waals surface area contributed by atoms with Crippen molar-refractivity contribution in [3.63, 3.8) is 0 Å². The van der Waals surface area contributed by atoms with Gasteiger partial charge in [-0.15, -0.1) is 0 Å². The number of hydrogen-bond donors (Lipinski definition) is 2. The lowest BCUT2D eigenvalue weighted by Gasteiger charge is -2.37. The highest BCUT2D eigenvalue weighted by Crippen LogP contribution is 2.24. The number of piperazine rings is 1. The first-order chi connectivity index (χ1) is 15.3. The van der Waals surface area contributed by atoms with E-state index in [1.807, 2.05) is 0 Å². The standard InChI is InChI=1S/C23H33N3.C2H2O4/c1-5-25(6-2)22-12-10-21(11-13-22)18-24-14-16-26(17-15-24)23-9-7-8-19(3)20(23)4;3-1(4)2(5)6/h7-13H,5-6,14-18H2,1-4H3;(H,3,4)(H,5,6). The maximum absolute atomic E-state index is 9.10. The van der Waals surface area contributed by atoms with Crippen LogP contribution in [0.15, 0.2) is 42.5 Å². The van der Waals surface area contributed by atoms with Crippen LogP contribution in [0.25, 0.3) is 0 Å². The van der Waals surface area contributed by atoms with E-state index in [2.05, 4.69) is 84.9 Å². The number of nitrogens with zero attached hydrogens (tertiary/aromatic N) is 3. The highest BCUT2D eigenvalue weighted by Gasteiger charge is 2.19. The Kier molecular flexibility index (Phi) is 9.53. The van der Waals surface area contributed by atoms with Gasteiger partial charge in [0, 0.05) is 57.2 Å². The number of aryl methyl sites for hydroxylation is 1. The van der Waals surface area contributed by atoms with Crippen molar-refractivity contribution in [2.24, 2.45) is 0 Å². The molecule has 1 saturated heterocycles. The number of carbonyl (C=O) groups is 2. The third-order valence-electron chi connectivity index (χ3n) is 5.94. The van der Waals surface area contributed by atoms with E-state index < -0.39 is 11.9 Å². The van der Waals surface area contributed by atoms with Gasteiger partial charge in [-0.05, 0) is 62.6 Å². The third-order valence-corrected chi connectivity index (χ3v) is 5.94. The summed E-state index contributed by atoms with van der Waals surface area (Å²) >= 11 is 0. The monoisotopic (exact) mass is 441 g/mol. The van der Waals surface area contributed by atoms with Gasteiger partial charge >= 0.3 is 11.9 Å². The Hall–Kier alpha value is -3.06. The van der Waals surface area contributed by atoms with E-state index in [4.69, 9.17) is 19.8 Å². The molecule has 7 nitrogen and oxygen atoms in total. The van der Waals surface area contributed by atoms with Crippen molar-refractivity contribution < 1.29 is 19.8 Å². The molecule has 1 aliphatic heterocycles. The lowest BCUT2D eigenvalue weighted by atomic mass is 10.1. The summed E-state index contributed by atoms with van der Waals surface area (Å²) in [7, 11) is 0. The van der Waals surface area contributed by atoms with Crippen LogP contribution in [0.5, 0.6) is 0 Å². The molecule has 0 atom stereocenters. The van der Waals surface area contributed by atoms with Crippen molar-refractivity contribution in [1.82, 2.24) is 4.90 Å². The van der Waals surface area contributed by atoms with Crippen LogP contribution in [0.1, 0.15) is 30.5 Å². The highest BCUT2D eigenvalue weighted by atomic mass is 16.4. The molecule has 0 spiro atoms. The van der Waals surface area contributed by atoms with E-state index in [0.29, 0.717) is 0 Å². The second kappa shape index (κ2) is 12.1. The fourth-order valence-electron chi connectivity index (χ4n) is 3.88. The molecule has 0 amide bonds. The van der Waals surface area contributed by atoms with E-state index >= 15 is 0 Å². The Bertz CT molecular complexity index is 875. The van der Waals surface area contributed by atoms with E-state index in [9.17, 15) is 0 Å². The summed E-state index contributed by atoms with van der Waals surface area (Å²) in [5, 5.41) is 14.8. The summed E-state index contributed by atoms with van der Waals surface area (Å²) in [5.41, 5.74) is 6.97. The largest absolute Gasteiger partial charge is 0.473 e. The van der Waals surface area contributed by atoms with Crippen molar-refractivity contribution in [3.8, 4) is 0 Å². The van der Waals surface area contributed by atoms with E-state index in [1.54, 1.807) is 0 Å². The summed E-state index contributed by atoms with van der Waals surface area (Å²) in [6.45, 7) is 16.6. The second-order valence-electron chi connectivity index (χ2n) is 7.93.